The van der Waals surface area contributed by atoms with Crippen LogP contribution in [0.1, 0.15) is 31.1 Å². The number of benzene rings is 1. The van der Waals surface area contributed by atoms with Gasteiger partial charge in [-0.3, -0.25) is 4.79 Å². The van der Waals surface area contributed by atoms with E-state index < -0.39 is 12.0 Å². The van der Waals surface area contributed by atoms with Gasteiger partial charge in [-0.15, -0.1) is 0 Å². The van der Waals surface area contributed by atoms with E-state index in [9.17, 15) is 9.59 Å². The van der Waals surface area contributed by atoms with E-state index >= 15 is 0 Å². The van der Waals surface area contributed by atoms with Gasteiger partial charge in [0.2, 0.25) is 0 Å². The van der Waals surface area contributed by atoms with E-state index in [4.69, 9.17) is 9.47 Å². The number of esters is 1. The van der Waals surface area contributed by atoms with Crippen LogP contribution in [0.25, 0.3) is 0 Å². The quantitative estimate of drug-likeness (QED) is 0.809. The van der Waals surface area contributed by atoms with Gasteiger partial charge in [-0.1, -0.05) is 19.9 Å². The predicted molar refractivity (Wildman–Crippen MR) is 75.7 cm³/mol. The van der Waals surface area contributed by atoms with Gasteiger partial charge in [0, 0.05) is 5.56 Å². The Morgan fingerprint density at radius 3 is 2.55 bits per heavy atom. The Morgan fingerprint density at radius 2 is 2.00 bits per heavy atom. The molecule has 20 heavy (non-hydrogen) atoms. The van der Waals surface area contributed by atoms with Crippen molar-refractivity contribution >= 4 is 11.9 Å². The summed E-state index contributed by atoms with van der Waals surface area (Å²) in [5, 5.41) is 2.70. The van der Waals surface area contributed by atoms with Crippen LogP contribution in [0.3, 0.4) is 0 Å². The number of carbonyl (C=O) groups excluding carboxylic acids is 2. The van der Waals surface area contributed by atoms with Crippen molar-refractivity contribution in [3.63, 3.8) is 0 Å². The first-order valence-electron chi connectivity index (χ1n) is 6.61. The summed E-state index contributed by atoms with van der Waals surface area (Å²) in [5.41, 5.74) is 0.444. The highest BCUT2D eigenvalue weighted by atomic mass is 16.5. The van der Waals surface area contributed by atoms with Crippen molar-refractivity contribution in [3.05, 3.63) is 29.8 Å². The van der Waals surface area contributed by atoms with Crippen LogP contribution in [-0.4, -0.2) is 31.6 Å². The molecule has 0 bridgehead atoms. The molecule has 0 aliphatic carbocycles. The zero-order valence-corrected chi connectivity index (χ0v) is 12.3. The summed E-state index contributed by atoms with van der Waals surface area (Å²) in [6.07, 6.45) is 0. The summed E-state index contributed by atoms with van der Waals surface area (Å²) in [4.78, 5) is 24.0. The first kappa shape index (κ1) is 16.0. The monoisotopic (exact) mass is 279 g/mol. The molecule has 0 saturated carbocycles. The maximum Gasteiger partial charge on any atom is 0.328 e. The molecule has 1 atom stereocenters. The van der Waals surface area contributed by atoms with E-state index in [1.54, 1.807) is 31.2 Å². The van der Waals surface area contributed by atoms with E-state index in [1.165, 1.54) is 7.11 Å². The Hall–Kier alpha value is -2.04. The van der Waals surface area contributed by atoms with Gasteiger partial charge in [0.05, 0.1) is 13.7 Å². The lowest BCUT2D eigenvalue weighted by atomic mass is 10.0. The van der Waals surface area contributed by atoms with Crippen LogP contribution in [0, 0.1) is 5.92 Å². The van der Waals surface area contributed by atoms with Gasteiger partial charge in [-0.2, -0.15) is 0 Å². The molecule has 1 aromatic rings. The maximum absolute atomic E-state index is 12.2. The Labute approximate surface area is 119 Å². The second-order valence-electron chi connectivity index (χ2n) is 4.68. The molecule has 0 unspecified atom stereocenters. The molecule has 0 aliphatic heterocycles. The van der Waals surface area contributed by atoms with E-state index in [2.05, 4.69) is 5.32 Å². The summed E-state index contributed by atoms with van der Waals surface area (Å²) in [5.74, 6) is -0.201. The lowest BCUT2D eigenvalue weighted by Gasteiger charge is -2.20. The number of hydrogen-bond donors (Lipinski definition) is 1. The largest absolute Gasteiger partial charge is 0.497 e. The number of nitrogens with one attached hydrogen (secondary N) is 1. The van der Waals surface area contributed by atoms with E-state index in [1.807, 2.05) is 13.8 Å². The molecule has 5 heteroatoms. The molecule has 0 aliphatic rings. The first-order chi connectivity index (χ1) is 9.49. The van der Waals surface area contributed by atoms with Crippen molar-refractivity contribution in [3.8, 4) is 5.75 Å². The van der Waals surface area contributed by atoms with Crippen LogP contribution in [0.4, 0.5) is 0 Å². The molecule has 5 nitrogen and oxygen atoms in total. The molecule has 0 fully saturated rings. The highest BCUT2D eigenvalue weighted by Crippen LogP contribution is 2.13. The maximum atomic E-state index is 12.2. The Kier molecular flexibility index (Phi) is 6.03. The van der Waals surface area contributed by atoms with Crippen LogP contribution in [0.15, 0.2) is 24.3 Å². The average Bonchev–Trinajstić information content (AvgIpc) is 2.44. The lowest BCUT2D eigenvalue weighted by molar-refractivity contribution is -0.146. The third kappa shape index (κ3) is 4.26. The highest BCUT2D eigenvalue weighted by Gasteiger charge is 2.25. The van der Waals surface area contributed by atoms with Crippen molar-refractivity contribution in [1.29, 1.82) is 0 Å². The van der Waals surface area contributed by atoms with Crippen molar-refractivity contribution in [2.45, 2.75) is 26.8 Å². The third-order valence-corrected chi connectivity index (χ3v) is 2.83. The summed E-state index contributed by atoms with van der Waals surface area (Å²) >= 11 is 0. The fraction of sp³-hybridized carbons (Fsp3) is 0.467. The third-order valence-electron chi connectivity index (χ3n) is 2.83. The average molecular weight is 279 g/mol. The smallest absolute Gasteiger partial charge is 0.328 e. The molecule has 1 rings (SSSR count). The summed E-state index contributed by atoms with van der Waals surface area (Å²) in [6.45, 7) is 5.73. The minimum Gasteiger partial charge on any atom is -0.497 e. The number of hydrogen-bond acceptors (Lipinski definition) is 4. The van der Waals surface area contributed by atoms with Gasteiger partial charge in [0.1, 0.15) is 11.8 Å². The fourth-order valence-corrected chi connectivity index (χ4v) is 1.72. The molecular formula is C15H21NO4. The minimum atomic E-state index is -0.659. The molecule has 0 spiro atoms. The predicted octanol–water partition coefficient (Wildman–Crippen LogP) is 2.01. The van der Waals surface area contributed by atoms with Crippen LogP contribution in [-0.2, 0) is 9.53 Å². The molecule has 0 radical (unpaired) electrons. The number of rotatable bonds is 6. The standard InChI is InChI=1S/C15H21NO4/c1-5-20-15(18)13(10(2)3)16-14(17)11-7-6-8-12(9-11)19-4/h6-10,13H,5H2,1-4H3,(H,16,17)/t13-/m0/s1. The number of amides is 1. The molecule has 110 valence electrons. The van der Waals surface area contributed by atoms with Gasteiger partial charge in [0.25, 0.3) is 5.91 Å². The fourth-order valence-electron chi connectivity index (χ4n) is 1.72. The zero-order valence-electron chi connectivity index (χ0n) is 12.3. The van der Waals surface area contributed by atoms with E-state index in [-0.39, 0.29) is 18.4 Å². The molecule has 1 amide bonds. The number of carbonyl (C=O) groups is 2. The van der Waals surface area contributed by atoms with Crippen LogP contribution < -0.4 is 10.1 Å². The Bertz CT molecular complexity index is 471. The zero-order chi connectivity index (χ0) is 15.1. The van der Waals surface area contributed by atoms with E-state index in [0.717, 1.165) is 0 Å². The van der Waals surface area contributed by atoms with Gasteiger partial charge in [0.15, 0.2) is 0 Å². The molecular weight excluding hydrogens is 258 g/mol. The Morgan fingerprint density at radius 1 is 1.30 bits per heavy atom. The topological polar surface area (TPSA) is 64.6 Å². The Balaban J connectivity index is 2.82. The summed E-state index contributed by atoms with van der Waals surface area (Å²) in [7, 11) is 1.53. The van der Waals surface area contributed by atoms with Gasteiger partial charge in [-0.25, -0.2) is 4.79 Å². The van der Waals surface area contributed by atoms with Crippen molar-refractivity contribution in [1.82, 2.24) is 5.32 Å². The number of methoxy groups -OCH3 is 1. The molecule has 1 N–H and O–H groups in total. The molecule has 0 saturated heterocycles. The second-order valence-corrected chi connectivity index (χ2v) is 4.68. The van der Waals surface area contributed by atoms with E-state index in [0.29, 0.717) is 11.3 Å². The molecule has 0 aromatic heterocycles. The van der Waals surface area contributed by atoms with Crippen LogP contribution >= 0.6 is 0 Å². The van der Waals surface area contributed by atoms with Crippen LogP contribution in [0.2, 0.25) is 0 Å². The molecule has 0 heterocycles. The van der Waals surface area contributed by atoms with Gasteiger partial charge < -0.3 is 14.8 Å². The first-order valence-corrected chi connectivity index (χ1v) is 6.61. The van der Waals surface area contributed by atoms with Gasteiger partial charge >= 0.3 is 5.97 Å². The second kappa shape index (κ2) is 7.53. The number of ether oxygens (including phenoxy) is 2. The van der Waals surface area contributed by atoms with Crippen LogP contribution in [0.5, 0.6) is 5.75 Å². The SMILES string of the molecule is CCOC(=O)[C@@H](NC(=O)c1cccc(OC)c1)C(C)C. The van der Waals surface area contributed by atoms with Crippen molar-refractivity contribution in [2.24, 2.45) is 5.92 Å². The minimum absolute atomic E-state index is 0.0522. The normalized spacial score (nSPS) is 11.8. The highest BCUT2D eigenvalue weighted by molar-refractivity contribution is 5.97. The molecule has 1 aromatic carbocycles. The van der Waals surface area contributed by atoms with Crippen molar-refractivity contribution < 1.29 is 19.1 Å². The lowest BCUT2D eigenvalue weighted by Crippen LogP contribution is -2.45. The summed E-state index contributed by atoms with van der Waals surface area (Å²) in [6, 6.07) is 6.11. The van der Waals surface area contributed by atoms with Crippen molar-refractivity contribution in [2.75, 3.05) is 13.7 Å². The van der Waals surface area contributed by atoms with Gasteiger partial charge in [-0.05, 0) is 31.0 Å². The summed E-state index contributed by atoms with van der Waals surface area (Å²) < 4.78 is 10.0.